The predicted molar refractivity (Wildman–Crippen MR) is 57.5 cm³/mol. The fourth-order valence-corrected chi connectivity index (χ4v) is 1.50. The third kappa shape index (κ3) is 4.76. The molecule has 6 heteroatoms. The summed E-state index contributed by atoms with van der Waals surface area (Å²) in [5, 5.41) is 0. The standard InChI is InChI=1S/C11H16O6/c1-14-10(12)16-8-4-3-5-9(7-6-8)17-11(13)15-2/h6-9H,3-5H2,1-2H3/t8-,9+. The molecular weight excluding hydrogens is 228 g/mol. The van der Waals surface area contributed by atoms with Crippen molar-refractivity contribution in [2.75, 3.05) is 14.2 Å². The van der Waals surface area contributed by atoms with Gasteiger partial charge < -0.3 is 18.9 Å². The van der Waals surface area contributed by atoms with Crippen LogP contribution in [0.1, 0.15) is 19.3 Å². The third-order valence-electron chi connectivity index (χ3n) is 2.35. The molecule has 0 N–H and O–H groups in total. The Morgan fingerprint density at radius 3 is 1.71 bits per heavy atom. The second-order valence-electron chi connectivity index (χ2n) is 3.54. The van der Waals surface area contributed by atoms with Crippen LogP contribution in [-0.4, -0.2) is 38.7 Å². The molecule has 0 spiro atoms. The van der Waals surface area contributed by atoms with E-state index in [2.05, 4.69) is 9.47 Å². The number of hydrogen-bond acceptors (Lipinski definition) is 6. The van der Waals surface area contributed by atoms with Crippen molar-refractivity contribution in [2.45, 2.75) is 31.5 Å². The molecule has 0 fully saturated rings. The summed E-state index contributed by atoms with van der Waals surface area (Å²) in [5.41, 5.74) is 0. The molecule has 96 valence electrons. The molecule has 0 radical (unpaired) electrons. The smallest absolute Gasteiger partial charge is 0.438 e. The lowest BCUT2D eigenvalue weighted by molar-refractivity contribution is 0.0474. The topological polar surface area (TPSA) is 71.1 Å². The van der Waals surface area contributed by atoms with Gasteiger partial charge in [-0.15, -0.1) is 0 Å². The van der Waals surface area contributed by atoms with Gasteiger partial charge in [0.05, 0.1) is 14.2 Å². The summed E-state index contributed by atoms with van der Waals surface area (Å²) in [6.45, 7) is 0. The Morgan fingerprint density at radius 1 is 0.941 bits per heavy atom. The zero-order valence-electron chi connectivity index (χ0n) is 9.88. The Kier molecular flexibility index (Phi) is 5.32. The van der Waals surface area contributed by atoms with E-state index in [0.29, 0.717) is 12.8 Å². The van der Waals surface area contributed by atoms with Crippen LogP contribution < -0.4 is 0 Å². The van der Waals surface area contributed by atoms with E-state index in [-0.39, 0.29) is 12.2 Å². The molecule has 0 aromatic heterocycles. The summed E-state index contributed by atoms with van der Waals surface area (Å²) < 4.78 is 18.8. The van der Waals surface area contributed by atoms with E-state index in [1.54, 1.807) is 12.2 Å². The lowest BCUT2D eigenvalue weighted by Gasteiger charge is -2.10. The van der Waals surface area contributed by atoms with Gasteiger partial charge >= 0.3 is 12.3 Å². The molecule has 0 aromatic carbocycles. The van der Waals surface area contributed by atoms with Gasteiger partial charge in [0.2, 0.25) is 0 Å². The van der Waals surface area contributed by atoms with Crippen LogP contribution in [0.4, 0.5) is 9.59 Å². The molecule has 0 saturated heterocycles. The van der Waals surface area contributed by atoms with Crippen molar-refractivity contribution in [1.29, 1.82) is 0 Å². The van der Waals surface area contributed by atoms with Gasteiger partial charge in [0.15, 0.2) is 0 Å². The van der Waals surface area contributed by atoms with Gasteiger partial charge in [0.1, 0.15) is 12.2 Å². The van der Waals surface area contributed by atoms with Crippen LogP contribution in [0.3, 0.4) is 0 Å². The molecule has 0 heterocycles. The summed E-state index contributed by atoms with van der Waals surface area (Å²) in [6.07, 6.45) is 3.39. The zero-order chi connectivity index (χ0) is 12.7. The van der Waals surface area contributed by atoms with E-state index in [0.717, 1.165) is 6.42 Å². The first-order chi connectivity index (χ1) is 8.15. The van der Waals surface area contributed by atoms with Gasteiger partial charge in [-0.2, -0.15) is 0 Å². The number of hydrogen-bond donors (Lipinski definition) is 0. The highest BCUT2D eigenvalue weighted by Gasteiger charge is 2.19. The second kappa shape index (κ2) is 6.78. The fourth-order valence-electron chi connectivity index (χ4n) is 1.50. The Balaban J connectivity index is 2.46. The largest absolute Gasteiger partial charge is 0.508 e. The average Bonchev–Trinajstić information content (AvgIpc) is 2.54. The molecule has 0 aromatic rings. The predicted octanol–water partition coefficient (Wildman–Crippen LogP) is 2.03. The summed E-state index contributed by atoms with van der Waals surface area (Å²) in [6, 6.07) is 0. The Bertz CT molecular complexity index is 270. The average molecular weight is 244 g/mol. The van der Waals surface area contributed by atoms with Crippen LogP contribution in [0.15, 0.2) is 12.2 Å². The van der Waals surface area contributed by atoms with Crippen LogP contribution in [0, 0.1) is 0 Å². The zero-order valence-corrected chi connectivity index (χ0v) is 9.88. The summed E-state index contributed by atoms with van der Waals surface area (Å²) in [5.74, 6) is 0. The number of carbonyl (C=O) groups excluding carboxylic acids is 2. The minimum atomic E-state index is -0.716. The van der Waals surface area contributed by atoms with Crippen molar-refractivity contribution in [3.05, 3.63) is 12.2 Å². The van der Waals surface area contributed by atoms with Crippen molar-refractivity contribution in [1.82, 2.24) is 0 Å². The van der Waals surface area contributed by atoms with Crippen molar-refractivity contribution < 1.29 is 28.5 Å². The highest BCUT2D eigenvalue weighted by molar-refractivity contribution is 5.60. The molecule has 1 aliphatic rings. The van der Waals surface area contributed by atoms with E-state index >= 15 is 0 Å². The van der Waals surface area contributed by atoms with Gasteiger partial charge in [0, 0.05) is 0 Å². The normalized spacial score (nSPS) is 23.4. The van der Waals surface area contributed by atoms with Crippen molar-refractivity contribution >= 4 is 12.3 Å². The molecule has 2 atom stereocenters. The maximum atomic E-state index is 10.9. The number of carbonyl (C=O) groups is 2. The molecule has 0 aliphatic heterocycles. The summed E-state index contributed by atoms with van der Waals surface area (Å²) in [4.78, 5) is 21.8. The van der Waals surface area contributed by atoms with E-state index in [1.807, 2.05) is 0 Å². The quantitative estimate of drug-likeness (QED) is 0.546. The van der Waals surface area contributed by atoms with E-state index in [1.165, 1.54) is 14.2 Å². The first-order valence-corrected chi connectivity index (χ1v) is 5.33. The number of methoxy groups -OCH3 is 2. The second-order valence-corrected chi connectivity index (χ2v) is 3.54. The van der Waals surface area contributed by atoms with Crippen LogP contribution in [0.5, 0.6) is 0 Å². The fraction of sp³-hybridized carbons (Fsp3) is 0.636. The monoisotopic (exact) mass is 244 g/mol. The highest BCUT2D eigenvalue weighted by atomic mass is 16.7. The van der Waals surface area contributed by atoms with Gasteiger partial charge in [-0.05, 0) is 31.4 Å². The Morgan fingerprint density at radius 2 is 1.35 bits per heavy atom. The maximum Gasteiger partial charge on any atom is 0.508 e. The van der Waals surface area contributed by atoms with Crippen LogP contribution in [0.25, 0.3) is 0 Å². The van der Waals surface area contributed by atoms with E-state index in [9.17, 15) is 9.59 Å². The van der Waals surface area contributed by atoms with Gasteiger partial charge in [0.25, 0.3) is 0 Å². The third-order valence-corrected chi connectivity index (χ3v) is 2.35. The molecule has 1 rings (SSSR count). The van der Waals surface area contributed by atoms with Crippen LogP contribution >= 0.6 is 0 Å². The molecule has 6 nitrogen and oxygen atoms in total. The van der Waals surface area contributed by atoms with Crippen LogP contribution in [0.2, 0.25) is 0 Å². The van der Waals surface area contributed by atoms with Crippen molar-refractivity contribution in [3.8, 4) is 0 Å². The minimum absolute atomic E-state index is 0.339. The number of rotatable bonds is 2. The van der Waals surface area contributed by atoms with Crippen molar-refractivity contribution in [3.63, 3.8) is 0 Å². The van der Waals surface area contributed by atoms with E-state index < -0.39 is 12.3 Å². The molecule has 0 bridgehead atoms. The number of ether oxygens (including phenoxy) is 4. The maximum absolute atomic E-state index is 10.9. The summed E-state index contributed by atoms with van der Waals surface area (Å²) in [7, 11) is 2.51. The molecular formula is C11H16O6. The highest BCUT2D eigenvalue weighted by Crippen LogP contribution is 2.17. The van der Waals surface area contributed by atoms with Gasteiger partial charge in [-0.1, -0.05) is 0 Å². The Labute approximate surface area is 99.5 Å². The SMILES string of the molecule is COC(=O)O[C@@H]1C=C[C@H](OC(=O)OC)CCC1. The molecule has 17 heavy (non-hydrogen) atoms. The first kappa shape index (κ1) is 13.3. The Hall–Kier alpha value is -1.72. The minimum Gasteiger partial charge on any atom is -0.438 e. The molecule has 1 aliphatic carbocycles. The van der Waals surface area contributed by atoms with Gasteiger partial charge in [-0.25, -0.2) is 9.59 Å². The van der Waals surface area contributed by atoms with Gasteiger partial charge in [-0.3, -0.25) is 0 Å². The van der Waals surface area contributed by atoms with Crippen molar-refractivity contribution in [2.24, 2.45) is 0 Å². The lowest BCUT2D eigenvalue weighted by Crippen LogP contribution is -2.15. The van der Waals surface area contributed by atoms with Crippen LogP contribution in [-0.2, 0) is 18.9 Å². The molecule has 0 saturated carbocycles. The summed E-state index contributed by atoms with van der Waals surface area (Å²) >= 11 is 0. The van der Waals surface area contributed by atoms with E-state index in [4.69, 9.17) is 9.47 Å². The first-order valence-electron chi connectivity index (χ1n) is 5.33. The molecule has 0 amide bonds. The molecule has 0 unspecified atom stereocenters. The lowest BCUT2D eigenvalue weighted by atomic mass is 10.2.